The van der Waals surface area contributed by atoms with Gasteiger partial charge in [0.05, 0.1) is 0 Å². The van der Waals surface area contributed by atoms with E-state index in [2.05, 4.69) is 26.2 Å². The predicted molar refractivity (Wildman–Crippen MR) is 70.3 cm³/mol. The van der Waals surface area contributed by atoms with E-state index >= 15 is 0 Å². The van der Waals surface area contributed by atoms with Gasteiger partial charge in [-0.15, -0.1) is 0 Å². The molecule has 0 aliphatic carbocycles. The van der Waals surface area contributed by atoms with Crippen LogP contribution in [-0.4, -0.2) is 29.8 Å². The molecule has 0 aromatic rings. The van der Waals surface area contributed by atoms with Crippen molar-refractivity contribution in [2.75, 3.05) is 13.1 Å². The minimum Gasteiger partial charge on any atom is -0.342 e. The maximum Gasteiger partial charge on any atom is 0.235 e. The molecule has 1 aliphatic rings. The Labute approximate surface area is 109 Å². The van der Waals surface area contributed by atoms with E-state index in [-0.39, 0.29) is 23.7 Å². The Morgan fingerprint density at radius 2 is 2.11 bits per heavy atom. The van der Waals surface area contributed by atoms with Gasteiger partial charge in [-0.25, -0.2) is 5.84 Å². The van der Waals surface area contributed by atoms with Crippen molar-refractivity contribution in [1.29, 1.82) is 0 Å². The zero-order chi connectivity index (χ0) is 13.8. The maximum atomic E-state index is 12.0. The Balaban J connectivity index is 2.52. The van der Waals surface area contributed by atoms with Crippen LogP contribution in [0.3, 0.4) is 0 Å². The molecule has 1 unspecified atom stereocenters. The molecule has 1 aliphatic heterocycles. The summed E-state index contributed by atoms with van der Waals surface area (Å²) >= 11 is 0. The van der Waals surface area contributed by atoms with Crippen LogP contribution in [0, 0.1) is 11.3 Å². The van der Waals surface area contributed by atoms with Gasteiger partial charge in [-0.2, -0.15) is 0 Å². The molecular weight excluding hydrogens is 230 g/mol. The first kappa shape index (κ1) is 15.0. The van der Waals surface area contributed by atoms with Gasteiger partial charge >= 0.3 is 0 Å². The van der Waals surface area contributed by atoms with Gasteiger partial charge in [-0.3, -0.25) is 15.0 Å². The van der Waals surface area contributed by atoms with Gasteiger partial charge in [0.2, 0.25) is 11.8 Å². The van der Waals surface area contributed by atoms with Crippen LogP contribution in [-0.2, 0) is 9.59 Å². The average Bonchev–Trinajstić information content (AvgIpc) is 2.47. The molecule has 0 radical (unpaired) electrons. The highest BCUT2D eigenvalue weighted by atomic mass is 16.2. The molecule has 0 spiro atoms. The summed E-state index contributed by atoms with van der Waals surface area (Å²) in [5.74, 6) is 5.53. The summed E-state index contributed by atoms with van der Waals surface area (Å²) in [6.45, 7) is 7.89. The number of carbonyl (C=O) groups is 2. The third-order valence-corrected chi connectivity index (χ3v) is 3.80. The van der Waals surface area contributed by atoms with E-state index in [1.807, 2.05) is 0 Å². The molecule has 18 heavy (non-hydrogen) atoms. The number of hydrogen-bond acceptors (Lipinski definition) is 3. The normalized spacial score (nSPS) is 21.7. The Morgan fingerprint density at radius 1 is 1.44 bits per heavy atom. The van der Waals surface area contributed by atoms with Gasteiger partial charge < -0.3 is 4.90 Å². The summed E-state index contributed by atoms with van der Waals surface area (Å²) in [6.07, 6.45) is 2.83. The summed E-state index contributed by atoms with van der Waals surface area (Å²) in [7, 11) is 0. The fourth-order valence-electron chi connectivity index (χ4n) is 2.45. The lowest BCUT2D eigenvalue weighted by molar-refractivity contribution is -0.131. The maximum absolute atomic E-state index is 12.0. The highest BCUT2D eigenvalue weighted by molar-refractivity contribution is 5.78. The zero-order valence-corrected chi connectivity index (χ0v) is 11.7. The van der Waals surface area contributed by atoms with Crippen LogP contribution in [0.15, 0.2) is 0 Å². The number of rotatable bonds is 3. The molecule has 1 heterocycles. The van der Waals surface area contributed by atoms with Gasteiger partial charge in [-0.05, 0) is 24.2 Å². The summed E-state index contributed by atoms with van der Waals surface area (Å²) < 4.78 is 0. The van der Waals surface area contributed by atoms with Gasteiger partial charge in [-0.1, -0.05) is 20.8 Å². The Kier molecular flexibility index (Phi) is 5.14. The topological polar surface area (TPSA) is 75.4 Å². The van der Waals surface area contributed by atoms with Crippen molar-refractivity contribution >= 4 is 11.8 Å². The molecule has 5 heteroatoms. The lowest BCUT2D eigenvalue weighted by atomic mass is 9.77. The van der Waals surface area contributed by atoms with Crippen molar-refractivity contribution in [3.8, 4) is 0 Å². The lowest BCUT2D eigenvalue weighted by Gasteiger charge is -2.29. The van der Waals surface area contributed by atoms with Crippen molar-refractivity contribution in [2.45, 2.75) is 46.5 Å². The number of hydrazine groups is 1. The average molecular weight is 255 g/mol. The van der Waals surface area contributed by atoms with E-state index in [0.717, 1.165) is 19.4 Å². The Hall–Kier alpha value is -1.10. The van der Waals surface area contributed by atoms with E-state index in [1.165, 1.54) is 0 Å². The van der Waals surface area contributed by atoms with Crippen molar-refractivity contribution in [1.82, 2.24) is 10.3 Å². The zero-order valence-electron chi connectivity index (χ0n) is 11.7. The smallest absolute Gasteiger partial charge is 0.235 e. The molecule has 0 aromatic heterocycles. The van der Waals surface area contributed by atoms with Crippen molar-refractivity contribution in [3.63, 3.8) is 0 Å². The molecule has 5 nitrogen and oxygen atoms in total. The van der Waals surface area contributed by atoms with E-state index in [1.54, 1.807) is 4.90 Å². The van der Waals surface area contributed by atoms with E-state index < -0.39 is 0 Å². The highest BCUT2D eigenvalue weighted by Gasteiger charge is 2.29. The quantitative estimate of drug-likeness (QED) is 0.449. The second kappa shape index (κ2) is 6.18. The number of hydrogen-bond donors (Lipinski definition) is 2. The highest BCUT2D eigenvalue weighted by Crippen LogP contribution is 2.34. The summed E-state index contributed by atoms with van der Waals surface area (Å²) in [5, 5.41) is 0. The van der Waals surface area contributed by atoms with Crippen LogP contribution in [0.4, 0.5) is 0 Å². The number of nitrogens with one attached hydrogen (secondary N) is 1. The van der Waals surface area contributed by atoms with Crippen molar-refractivity contribution in [2.24, 2.45) is 17.2 Å². The second-order valence-electron chi connectivity index (χ2n) is 6.09. The number of amides is 2. The number of carbonyl (C=O) groups excluding carboxylic acids is 2. The van der Waals surface area contributed by atoms with Crippen molar-refractivity contribution in [3.05, 3.63) is 0 Å². The third kappa shape index (κ3) is 4.29. The monoisotopic (exact) mass is 255 g/mol. The Bertz CT molecular complexity index is 310. The molecule has 2 amide bonds. The fraction of sp³-hybridized carbons (Fsp3) is 0.846. The van der Waals surface area contributed by atoms with Gasteiger partial charge in [0.15, 0.2) is 0 Å². The number of nitrogens with zero attached hydrogens (tertiary/aromatic N) is 1. The minimum absolute atomic E-state index is 0.159. The van der Waals surface area contributed by atoms with Gasteiger partial charge in [0, 0.05) is 25.9 Å². The van der Waals surface area contributed by atoms with Crippen LogP contribution in [0.25, 0.3) is 0 Å². The van der Waals surface area contributed by atoms with Crippen LogP contribution < -0.4 is 11.3 Å². The Morgan fingerprint density at radius 3 is 2.67 bits per heavy atom. The lowest BCUT2D eigenvalue weighted by Crippen LogP contribution is -2.37. The molecule has 3 N–H and O–H groups in total. The largest absolute Gasteiger partial charge is 0.342 e. The number of nitrogens with two attached hydrogens (primary N) is 1. The predicted octanol–water partition coefficient (Wildman–Crippen LogP) is 1.04. The van der Waals surface area contributed by atoms with E-state index in [0.29, 0.717) is 18.9 Å². The molecule has 1 atom stereocenters. The molecule has 1 fully saturated rings. The van der Waals surface area contributed by atoms with E-state index in [9.17, 15) is 9.59 Å². The number of likely N-dealkylation sites (tertiary alicyclic amines) is 1. The summed E-state index contributed by atoms with van der Waals surface area (Å²) in [5.41, 5.74) is 2.33. The molecule has 0 aromatic carbocycles. The minimum atomic E-state index is -0.223. The SMILES string of the molecule is CC(C)(C)C1CCC(=O)N(CCC(=O)NN)CC1. The first-order chi connectivity index (χ1) is 8.34. The van der Waals surface area contributed by atoms with Crippen LogP contribution in [0.5, 0.6) is 0 Å². The van der Waals surface area contributed by atoms with Crippen molar-refractivity contribution < 1.29 is 9.59 Å². The summed E-state index contributed by atoms with van der Waals surface area (Å²) in [6, 6.07) is 0. The molecule has 1 saturated heterocycles. The second-order valence-corrected chi connectivity index (χ2v) is 6.09. The molecular formula is C13H25N3O2. The van der Waals surface area contributed by atoms with Crippen LogP contribution >= 0.6 is 0 Å². The van der Waals surface area contributed by atoms with Gasteiger partial charge in [0.25, 0.3) is 0 Å². The first-order valence-electron chi connectivity index (χ1n) is 6.62. The molecule has 0 saturated carbocycles. The third-order valence-electron chi connectivity index (χ3n) is 3.80. The van der Waals surface area contributed by atoms with Crippen LogP contribution in [0.1, 0.15) is 46.5 Å². The van der Waals surface area contributed by atoms with E-state index in [4.69, 9.17) is 5.84 Å². The molecule has 1 rings (SSSR count). The fourth-order valence-corrected chi connectivity index (χ4v) is 2.45. The first-order valence-corrected chi connectivity index (χ1v) is 6.62. The van der Waals surface area contributed by atoms with Gasteiger partial charge in [0.1, 0.15) is 0 Å². The molecule has 0 bridgehead atoms. The summed E-state index contributed by atoms with van der Waals surface area (Å²) in [4.78, 5) is 24.8. The molecule has 104 valence electrons. The van der Waals surface area contributed by atoms with Crippen LogP contribution in [0.2, 0.25) is 0 Å². The standard InChI is InChI=1S/C13H25N3O2/c1-13(2,3)10-4-5-12(18)16(8-6-10)9-7-11(17)15-14/h10H,4-9,14H2,1-3H3,(H,15,17).